The predicted octanol–water partition coefficient (Wildman–Crippen LogP) is 1.30. The van der Waals surface area contributed by atoms with Crippen molar-refractivity contribution >= 4 is 15.9 Å². The molecule has 0 saturated carbocycles. The summed E-state index contributed by atoms with van der Waals surface area (Å²) in [4.78, 5) is 14.7. The van der Waals surface area contributed by atoms with E-state index in [1.54, 1.807) is 28.6 Å². The van der Waals surface area contributed by atoms with E-state index in [-0.39, 0.29) is 16.8 Å². The van der Waals surface area contributed by atoms with Crippen LogP contribution in [0.1, 0.15) is 36.5 Å². The Bertz CT molecular complexity index is 682. The number of rotatable bonds is 3. The summed E-state index contributed by atoms with van der Waals surface area (Å²) in [7, 11) is -3.44. The minimum absolute atomic E-state index is 0.0362. The monoisotopic (exact) mass is 351 g/mol. The van der Waals surface area contributed by atoms with Crippen molar-refractivity contribution in [2.75, 3.05) is 32.7 Å². The molecule has 132 valence electrons. The standard InChI is InChI=1S/C17H25N3O3S/c1-14-13-18-9-12-20(14)17(21)15-5-7-16(8-6-15)24(22,23)19-10-3-2-4-11-19/h5-8,14,18H,2-4,9-13H2,1H3/t14-/m0/s1. The molecule has 0 bridgehead atoms. The second-order valence-corrected chi connectivity index (χ2v) is 8.48. The number of carbonyl (C=O) groups excluding carboxylic acids is 1. The van der Waals surface area contributed by atoms with Crippen molar-refractivity contribution in [3.05, 3.63) is 29.8 Å². The Labute approximate surface area is 143 Å². The van der Waals surface area contributed by atoms with Gasteiger partial charge in [-0.1, -0.05) is 6.42 Å². The van der Waals surface area contributed by atoms with Gasteiger partial charge in [-0.2, -0.15) is 4.31 Å². The molecule has 2 saturated heterocycles. The van der Waals surface area contributed by atoms with Gasteiger partial charge >= 0.3 is 0 Å². The highest BCUT2D eigenvalue weighted by molar-refractivity contribution is 7.89. The van der Waals surface area contributed by atoms with Crippen LogP contribution in [0.15, 0.2) is 29.2 Å². The third kappa shape index (κ3) is 3.48. The molecule has 1 aromatic rings. The molecule has 6 nitrogen and oxygen atoms in total. The number of nitrogens with one attached hydrogen (secondary N) is 1. The first-order valence-corrected chi connectivity index (χ1v) is 10.1. The molecule has 7 heteroatoms. The highest BCUT2D eigenvalue weighted by Gasteiger charge is 2.27. The number of amides is 1. The predicted molar refractivity (Wildman–Crippen MR) is 92.4 cm³/mol. The number of benzene rings is 1. The smallest absolute Gasteiger partial charge is 0.254 e. The molecule has 0 aliphatic carbocycles. The van der Waals surface area contributed by atoms with Gasteiger partial charge in [-0.05, 0) is 44.0 Å². The Morgan fingerprint density at radius 3 is 2.38 bits per heavy atom. The number of sulfonamides is 1. The van der Waals surface area contributed by atoms with E-state index >= 15 is 0 Å². The number of hydrogen-bond acceptors (Lipinski definition) is 4. The zero-order valence-corrected chi connectivity index (χ0v) is 14.9. The van der Waals surface area contributed by atoms with Crippen molar-refractivity contribution in [2.45, 2.75) is 37.1 Å². The molecule has 1 aromatic carbocycles. The average Bonchev–Trinajstić information content (AvgIpc) is 2.62. The quantitative estimate of drug-likeness (QED) is 0.891. The summed E-state index contributed by atoms with van der Waals surface area (Å²) in [5, 5.41) is 3.26. The van der Waals surface area contributed by atoms with Crippen LogP contribution in [0.5, 0.6) is 0 Å². The Hall–Kier alpha value is -1.44. The summed E-state index contributed by atoms with van der Waals surface area (Å²) in [6.07, 6.45) is 2.91. The topological polar surface area (TPSA) is 69.7 Å². The molecule has 0 aromatic heterocycles. The summed E-state index contributed by atoms with van der Waals surface area (Å²) in [5.74, 6) is -0.0362. The summed E-state index contributed by atoms with van der Waals surface area (Å²) < 4.78 is 26.8. The van der Waals surface area contributed by atoms with Gasteiger partial charge < -0.3 is 10.2 Å². The first-order chi connectivity index (χ1) is 11.5. The van der Waals surface area contributed by atoms with Crippen molar-refractivity contribution in [3.63, 3.8) is 0 Å². The van der Waals surface area contributed by atoms with Gasteiger partial charge in [-0.15, -0.1) is 0 Å². The summed E-state index contributed by atoms with van der Waals surface area (Å²) in [5.41, 5.74) is 0.543. The molecular formula is C17H25N3O3S. The third-order valence-electron chi connectivity index (χ3n) is 4.82. The number of piperidine rings is 1. The molecule has 2 heterocycles. The molecule has 0 unspecified atom stereocenters. The van der Waals surface area contributed by atoms with Crippen LogP contribution < -0.4 is 5.32 Å². The van der Waals surface area contributed by atoms with Gasteiger partial charge in [0.2, 0.25) is 10.0 Å². The maximum Gasteiger partial charge on any atom is 0.254 e. The van der Waals surface area contributed by atoms with Crippen LogP contribution in [0.2, 0.25) is 0 Å². The second-order valence-electron chi connectivity index (χ2n) is 6.54. The summed E-state index contributed by atoms with van der Waals surface area (Å²) in [6.45, 7) is 5.43. The van der Waals surface area contributed by atoms with Crippen molar-refractivity contribution in [1.82, 2.24) is 14.5 Å². The van der Waals surface area contributed by atoms with Crippen LogP contribution in [-0.2, 0) is 10.0 Å². The maximum absolute atomic E-state index is 12.6. The minimum Gasteiger partial charge on any atom is -0.333 e. The lowest BCUT2D eigenvalue weighted by atomic mass is 10.1. The normalized spacial score (nSPS) is 23.2. The van der Waals surface area contributed by atoms with Gasteiger partial charge in [-0.25, -0.2) is 8.42 Å². The number of hydrogen-bond donors (Lipinski definition) is 1. The lowest BCUT2D eigenvalue weighted by Crippen LogP contribution is -2.52. The molecule has 2 aliphatic heterocycles. The highest BCUT2D eigenvalue weighted by atomic mass is 32.2. The van der Waals surface area contributed by atoms with Crippen LogP contribution in [-0.4, -0.2) is 62.3 Å². The van der Waals surface area contributed by atoms with E-state index in [0.717, 1.165) is 32.4 Å². The fourth-order valence-electron chi connectivity index (χ4n) is 3.33. The molecule has 24 heavy (non-hydrogen) atoms. The van der Waals surface area contributed by atoms with E-state index in [1.165, 1.54) is 0 Å². The minimum atomic E-state index is -3.44. The average molecular weight is 351 g/mol. The van der Waals surface area contributed by atoms with Gasteiger partial charge in [0.25, 0.3) is 5.91 Å². The molecular weight excluding hydrogens is 326 g/mol. The number of carbonyl (C=O) groups is 1. The maximum atomic E-state index is 12.6. The van der Waals surface area contributed by atoms with E-state index in [2.05, 4.69) is 5.32 Å². The molecule has 1 atom stereocenters. The van der Waals surface area contributed by atoms with Crippen molar-refractivity contribution in [2.24, 2.45) is 0 Å². The van der Waals surface area contributed by atoms with Crippen LogP contribution in [0.25, 0.3) is 0 Å². The van der Waals surface area contributed by atoms with Crippen LogP contribution >= 0.6 is 0 Å². The fourth-order valence-corrected chi connectivity index (χ4v) is 4.85. The zero-order valence-electron chi connectivity index (χ0n) is 14.1. The largest absolute Gasteiger partial charge is 0.333 e. The molecule has 2 aliphatic rings. The third-order valence-corrected chi connectivity index (χ3v) is 6.73. The van der Waals surface area contributed by atoms with E-state index in [4.69, 9.17) is 0 Å². The number of nitrogens with zero attached hydrogens (tertiary/aromatic N) is 2. The van der Waals surface area contributed by atoms with E-state index in [9.17, 15) is 13.2 Å². The second kappa shape index (κ2) is 7.21. The Kier molecular flexibility index (Phi) is 5.22. The van der Waals surface area contributed by atoms with Crippen molar-refractivity contribution < 1.29 is 13.2 Å². The first kappa shape index (κ1) is 17.4. The SMILES string of the molecule is C[C@H]1CNCCN1C(=O)c1ccc(S(=O)(=O)N2CCCCC2)cc1. The van der Waals surface area contributed by atoms with Gasteiger partial charge in [0, 0.05) is 44.3 Å². The lowest BCUT2D eigenvalue weighted by Gasteiger charge is -2.34. The fraction of sp³-hybridized carbons (Fsp3) is 0.588. The molecule has 3 rings (SSSR count). The van der Waals surface area contributed by atoms with Crippen LogP contribution in [0, 0.1) is 0 Å². The van der Waals surface area contributed by atoms with Gasteiger partial charge in [0.15, 0.2) is 0 Å². The molecule has 1 amide bonds. The van der Waals surface area contributed by atoms with Crippen molar-refractivity contribution in [3.8, 4) is 0 Å². The zero-order chi connectivity index (χ0) is 17.2. The van der Waals surface area contributed by atoms with Gasteiger partial charge in [0.1, 0.15) is 0 Å². The molecule has 0 radical (unpaired) electrons. The van der Waals surface area contributed by atoms with E-state index < -0.39 is 10.0 Å². The molecule has 2 fully saturated rings. The van der Waals surface area contributed by atoms with E-state index in [1.807, 2.05) is 11.8 Å². The van der Waals surface area contributed by atoms with Crippen LogP contribution in [0.4, 0.5) is 0 Å². The Morgan fingerprint density at radius 2 is 1.75 bits per heavy atom. The van der Waals surface area contributed by atoms with Gasteiger partial charge in [-0.3, -0.25) is 4.79 Å². The highest BCUT2D eigenvalue weighted by Crippen LogP contribution is 2.21. The Morgan fingerprint density at radius 1 is 1.08 bits per heavy atom. The summed E-state index contributed by atoms with van der Waals surface area (Å²) >= 11 is 0. The van der Waals surface area contributed by atoms with E-state index in [0.29, 0.717) is 25.2 Å². The lowest BCUT2D eigenvalue weighted by molar-refractivity contribution is 0.0655. The first-order valence-electron chi connectivity index (χ1n) is 8.62. The van der Waals surface area contributed by atoms with Crippen molar-refractivity contribution in [1.29, 1.82) is 0 Å². The van der Waals surface area contributed by atoms with Crippen LogP contribution in [0.3, 0.4) is 0 Å². The molecule has 0 spiro atoms. The number of piperazine rings is 1. The molecule has 1 N–H and O–H groups in total. The van der Waals surface area contributed by atoms with Gasteiger partial charge in [0.05, 0.1) is 4.90 Å². The summed E-state index contributed by atoms with van der Waals surface area (Å²) in [6, 6.07) is 6.53. The Balaban J connectivity index is 1.76.